The second-order valence-electron chi connectivity index (χ2n) is 6.04. The standard InChI is InChI=1S/C21H18ClN3O2/c1-14-5-7-15(8-6-14)13-23-20(26)18-3-2-4-19(25-18)21(27)24-17-11-9-16(22)10-12-17/h2-12H,13H2,1H3,(H,23,26)(H,24,27). The lowest BCUT2D eigenvalue weighted by Crippen LogP contribution is -2.25. The number of carbonyl (C=O) groups excluding carboxylic acids is 2. The van der Waals surface area contributed by atoms with Gasteiger partial charge in [0.15, 0.2) is 0 Å². The average molecular weight is 380 g/mol. The van der Waals surface area contributed by atoms with E-state index in [9.17, 15) is 9.59 Å². The molecule has 3 aromatic rings. The van der Waals surface area contributed by atoms with Gasteiger partial charge in [0.2, 0.25) is 0 Å². The fourth-order valence-corrected chi connectivity index (χ4v) is 2.52. The van der Waals surface area contributed by atoms with Gasteiger partial charge in [-0.05, 0) is 48.9 Å². The fraction of sp³-hybridized carbons (Fsp3) is 0.0952. The van der Waals surface area contributed by atoms with Crippen molar-refractivity contribution in [2.45, 2.75) is 13.5 Å². The number of amides is 2. The van der Waals surface area contributed by atoms with E-state index in [0.717, 1.165) is 11.1 Å². The molecule has 0 aliphatic carbocycles. The molecule has 0 saturated carbocycles. The van der Waals surface area contributed by atoms with Gasteiger partial charge in [0.1, 0.15) is 11.4 Å². The summed E-state index contributed by atoms with van der Waals surface area (Å²) < 4.78 is 0. The Hall–Kier alpha value is -3.18. The SMILES string of the molecule is Cc1ccc(CNC(=O)c2cccc(C(=O)Nc3ccc(Cl)cc3)n2)cc1. The summed E-state index contributed by atoms with van der Waals surface area (Å²) in [6, 6.07) is 19.4. The van der Waals surface area contributed by atoms with Crippen LogP contribution in [0.4, 0.5) is 5.69 Å². The maximum Gasteiger partial charge on any atom is 0.274 e. The third-order valence-electron chi connectivity index (χ3n) is 3.89. The molecule has 27 heavy (non-hydrogen) atoms. The van der Waals surface area contributed by atoms with Gasteiger partial charge in [0.05, 0.1) is 0 Å². The Balaban J connectivity index is 1.65. The predicted octanol–water partition coefficient (Wildman–Crippen LogP) is 4.23. The van der Waals surface area contributed by atoms with Gasteiger partial charge in [0.25, 0.3) is 11.8 Å². The summed E-state index contributed by atoms with van der Waals surface area (Å²) in [5.74, 6) is -0.734. The van der Waals surface area contributed by atoms with Crippen LogP contribution in [0.3, 0.4) is 0 Å². The lowest BCUT2D eigenvalue weighted by atomic mass is 10.1. The van der Waals surface area contributed by atoms with Gasteiger partial charge >= 0.3 is 0 Å². The van der Waals surface area contributed by atoms with Crippen LogP contribution in [0, 0.1) is 6.92 Å². The van der Waals surface area contributed by atoms with Crippen molar-refractivity contribution in [3.05, 3.63) is 94.3 Å². The van der Waals surface area contributed by atoms with Gasteiger partial charge in [-0.15, -0.1) is 0 Å². The molecule has 1 aromatic heterocycles. The van der Waals surface area contributed by atoms with E-state index >= 15 is 0 Å². The number of pyridine rings is 1. The molecule has 5 nitrogen and oxygen atoms in total. The second kappa shape index (κ2) is 8.47. The molecule has 136 valence electrons. The summed E-state index contributed by atoms with van der Waals surface area (Å²) in [5.41, 5.74) is 3.09. The summed E-state index contributed by atoms with van der Waals surface area (Å²) in [6.45, 7) is 2.40. The van der Waals surface area contributed by atoms with Gasteiger partial charge in [0, 0.05) is 17.3 Å². The van der Waals surface area contributed by atoms with E-state index in [1.165, 1.54) is 0 Å². The number of carbonyl (C=O) groups is 2. The van der Waals surface area contributed by atoms with Gasteiger partial charge in [-0.1, -0.05) is 47.5 Å². The van der Waals surface area contributed by atoms with Gasteiger partial charge in [-0.25, -0.2) is 4.98 Å². The topological polar surface area (TPSA) is 71.1 Å². The van der Waals surface area contributed by atoms with Crippen LogP contribution in [0.5, 0.6) is 0 Å². The molecule has 6 heteroatoms. The van der Waals surface area contributed by atoms with E-state index in [2.05, 4.69) is 15.6 Å². The van der Waals surface area contributed by atoms with E-state index in [4.69, 9.17) is 11.6 Å². The lowest BCUT2D eigenvalue weighted by molar-refractivity contribution is 0.0945. The minimum Gasteiger partial charge on any atom is -0.347 e. The smallest absolute Gasteiger partial charge is 0.274 e. The minimum absolute atomic E-state index is 0.160. The number of nitrogens with one attached hydrogen (secondary N) is 2. The van der Waals surface area contributed by atoms with Crippen molar-refractivity contribution in [2.24, 2.45) is 0 Å². The Morgan fingerprint density at radius 3 is 2.19 bits per heavy atom. The lowest BCUT2D eigenvalue weighted by Gasteiger charge is -2.08. The number of hydrogen-bond donors (Lipinski definition) is 2. The Labute approximate surface area is 162 Å². The quantitative estimate of drug-likeness (QED) is 0.697. The van der Waals surface area contributed by atoms with E-state index in [1.54, 1.807) is 42.5 Å². The van der Waals surface area contributed by atoms with Gasteiger partial charge in [-0.2, -0.15) is 0 Å². The molecule has 1 heterocycles. The monoisotopic (exact) mass is 379 g/mol. The summed E-state index contributed by atoms with van der Waals surface area (Å²) >= 11 is 5.83. The van der Waals surface area contributed by atoms with Crippen molar-refractivity contribution >= 4 is 29.1 Å². The molecule has 0 spiro atoms. The Morgan fingerprint density at radius 1 is 0.889 bits per heavy atom. The molecule has 0 aliphatic heterocycles. The molecule has 0 radical (unpaired) electrons. The van der Waals surface area contributed by atoms with Crippen molar-refractivity contribution in [3.8, 4) is 0 Å². The van der Waals surface area contributed by atoms with E-state index in [-0.39, 0.29) is 17.3 Å². The summed E-state index contributed by atoms with van der Waals surface area (Å²) in [6.07, 6.45) is 0. The Bertz CT molecular complexity index is 954. The number of halogens is 1. The highest BCUT2D eigenvalue weighted by Gasteiger charge is 2.12. The normalized spacial score (nSPS) is 10.3. The predicted molar refractivity (Wildman–Crippen MR) is 106 cm³/mol. The molecule has 0 saturated heterocycles. The van der Waals surface area contributed by atoms with Gasteiger partial charge < -0.3 is 10.6 Å². The molecular formula is C21H18ClN3O2. The largest absolute Gasteiger partial charge is 0.347 e. The minimum atomic E-state index is -0.398. The van der Waals surface area contributed by atoms with Crippen LogP contribution < -0.4 is 10.6 Å². The van der Waals surface area contributed by atoms with Crippen LogP contribution in [0.25, 0.3) is 0 Å². The second-order valence-corrected chi connectivity index (χ2v) is 6.47. The van der Waals surface area contributed by atoms with Crippen molar-refractivity contribution in [3.63, 3.8) is 0 Å². The van der Waals surface area contributed by atoms with E-state index in [1.807, 2.05) is 31.2 Å². The summed E-state index contributed by atoms with van der Waals surface area (Å²) in [7, 11) is 0. The number of nitrogens with zero attached hydrogens (tertiary/aromatic N) is 1. The zero-order chi connectivity index (χ0) is 19.2. The molecule has 0 aliphatic rings. The zero-order valence-corrected chi connectivity index (χ0v) is 15.5. The number of benzene rings is 2. The first-order chi connectivity index (χ1) is 13.0. The zero-order valence-electron chi connectivity index (χ0n) is 14.7. The first-order valence-corrected chi connectivity index (χ1v) is 8.77. The van der Waals surface area contributed by atoms with Crippen LogP contribution in [0.2, 0.25) is 5.02 Å². The molecule has 3 rings (SSSR count). The Morgan fingerprint density at radius 2 is 1.52 bits per heavy atom. The molecule has 0 fully saturated rings. The first-order valence-electron chi connectivity index (χ1n) is 8.39. The van der Waals surface area contributed by atoms with Crippen LogP contribution in [0.15, 0.2) is 66.7 Å². The van der Waals surface area contributed by atoms with E-state index < -0.39 is 5.91 Å². The van der Waals surface area contributed by atoms with Crippen LogP contribution in [-0.2, 0) is 6.54 Å². The average Bonchev–Trinajstić information content (AvgIpc) is 2.69. The first kappa shape index (κ1) is 18.6. The third-order valence-corrected chi connectivity index (χ3v) is 4.14. The highest BCUT2D eigenvalue weighted by Crippen LogP contribution is 2.14. The number of anilines is 1. The molecule has 0 atom stereocenters. The van der Waals surface area contributed by atoms with Crippen LogP contribution in [0.1, 0.15) is 32.1 Å². The summed E-state index contributed by atoms with van der Waals surface area (Å²) in [5, 5.41) is 6.11. The number of aromatic nitrogens is 1. The molecular weight excluding hydrogens is 362 g/mol. The number of aryl methyl sites for hydroxylation is 1. The third kappa shape index (κ3) is 5.15. The van der Waals surface area contributed by atoms with Crippen molar-refractivity contribution in [1.82, 2.24) is 10.3 Å². The highest BCUT2D eigenvalue weighted by atomic mass is 35.5. The highest BCUT2D eigenvalue weighted by molar-refractivity contribution is 6.30. The summed E-state index contributed by atoms with van der Waals surface area (Å²) in [4.78, 5) is 28.8. The van der Waals surface area contributed by atoms with Crippen molar-refractivity contribution in [2.75, 3.05) is 5.32 Å². The molecule has 0 unspecified atom stereocenters. The van der Waals surface area contributed by atoms with Crippen LogP contribution in [-0.4, -0.2) is 16.8 Å². The maximum absolute atomic E-state index is 12.3. The molecule has 2 N–H and O–H groups in total. The molecule has 2 aromatic carbocycles. The fourth-order valence-electron chi connectivity index (χ4n) is 2.39. The van der Waals surface area contributed by atoms with Crippen LogP contribution >= 0.6 is 11.6 Å². The number of hydrogen-bond acceptors (Lipinski definition) is 3. The molecule has 0 bridgehead atoms. The number of rotatable bonds is 5. The molecule has 2 amide bonds. The maximum atomic E-state index is 12.3. The van der Waals surface area contributed by atoms with Crippen molar-refractivity contribution in [1.29, 1.82) is 0 Å². The van der Waals surface area contributed by atoms with Gasteiger partial charge in [-0.3, -0.25) is 9.59 Å². The Kier molecular flexibility index (Phi) is 5.84. The van der Waals surface area contributed by atoms with Crippen molar-refractivity contribution < 1.29 is 9.59 Å². The van der Waals surface area contributed by atoms with E-state index in [0.29, 0.717) is 17.3 Å².